The average Bonchev–Trinajstić information content (AvgIpc) is 2.18. The Kier molecular flexibility index (Phi) is 2.89. The molecule has 1 fully saturated rings. The zero-order valence-corrected chi connectivity index (χ0v) is 10.6. The molecule has 0 aromatic heterocycles. The number of hydrogen-bond acceptors (Lipinski definition) is 2. The van der Waals surface area contributed by atoms with Crippen molar-refractivity contribution in [3.05, 3.63) is 27.8 Å². The summed E-state index contributed by atoms with van der Waals surface area (Å²) in [5.74, 6) is 0.173. The van der Waals surface area contributed by atoms with Crippen LogP contribution in [0.2, 0.25) is 5.02 Å². The van der Waals surface area contributed by atoms with Gasteiger partial charge in [-0.3, -0.25) is 0 Å². The van der Waals surface area contributed by atoms with Gasteiger partial charge in [0.1, 0.15) is 5.75 Å². The molecule has 0 bridgehead atoms. The van der Waals surface area contributed by atoms with Crippen LogP contribution in [-0.4, -0.2) is 11.7 Å². The summed E-state index contributed by atoms with van der Waals surface area (Å²) in [6, 6.07) is 1.75. The van der Waals surface area contributed by atoms with Crippen LogP contribution in [0.1, 0.15) is 36.0 Å². The lowest BCUT2D eigenvalue weighted by Gasteiger charge is -2.43. The zero-order valence-electron chi connectivity index (χ0n) is 9.81. The van der Waals surface area contributed by atoms with E-state index >= 15 is 0 Å². The summed E-state index contributed by atoms with van der Waals surface area (Å²) in [4.78, 5) is 0. The van der Waals surface area contributed by atoms with E-state index in [1.807, 2.05) is 13.8 Å². The molecule has 16 heavy (non-hydrogen) atoms. The maximum absolute atomic E-state index is 9.67. The lowest BCUT2D eigenvalue weighted by atomic mass is 9.62. The van der Waals surface area contributed by atoms with Crippen molar-refractivity contribution < 1.29 is 5.11 Å². The second kappa shape index (κ2) is 3.94. The van der Waals surface area contributed by atoms with Gasteiger partial charge in [-0.1, -0.05) is 18.0 Å². The summed E-state index contributed by atoms with van der Waals surface area (Å²) >= 11 is 6.11. The third-order valence-corrected chi connectivity index (χ3v) is 4.39. The van der Waals surface area contributed by atoms with Gasteiger partial charge in [-0.15, -0.1) is 0 Å². The van der Waals surface area contributed by atoms with Crippen LogP contribution in [0.25, 0.3) is 0 Å². The van der Waals surface area contributed by atoms with Gasteiger partial charge in [0.05, 0.1) is 5.02 Å². The van der Waals surface area contributed by atoms with Crippen LogP contribution in [0.3, 0.4) is 0 Å². The summed E-state index contributed by atoms with van der Waals surface area (Å²) < 4.78 is 0. The zero-order chi connectivity index (χ0) is 11.9. The topological polar surface area (TPSA) is 46.2 Å². The maximum Gasteiger partial charge on any atom is 0.134 e. The highest BCUT2D eigenvalue weighted by atomic mass is 35.5. The van der Waals surface area contributed by atoms with Crippen molar-refractivity contribution in [2.24, 2.45) is 5.73 Å². The quantitative estimate of drug-likeness (QED) is 0.833. The number of phenols is 1. The lowest BCUT2D eigenvalue weighted by molar-refractivity contribution is 0.250. The highest BCUT2D eigenvalue weighted by Gasteiger charge is 2.40. The van der Waals surface area contributed by atoms with E-state index in [1.54, 1.807) is 6.07 Å². The molecule has 3 heteroatoms. The highest BCUT2D eigenvalue weighted by molar-refractivity contribution is 6.32. The second-order valence-electron chi connectivity index (χ2n) is 4.86. The molecule has 0 spiro atoms. The molecule has 0 heterocycles. The van der Waals surface area contributed by atoms with Crippen LogP contribution in [-0.2, 0) is 5.41 Å². The number of halogens is 1. The molecule has 0 aliphatic heterocycles. The summed E-state index contributed by atoms with van der Waals surface area (Å²) in [6.07, 6.45) is 3.49. The first kappa shape index (κ1) is 11.7. The number of hydrogen-bond donors (Lipinski definition) is 2. The fourth-order valence-corrected chi connectivity index (χ4v) is 3.06. The molecule has 0 amide bonds. The van der Waals surface area contributed by atoms with E-state index in [2.05, 4.69) is 0 Å². The first-order valence-electron chi connectivity index (χ1n) is 5.71. The van der Waals surface area contributed by atoms with E-state index in [-0.39, 0.29) is 11.2 Å². The van der Waals surface area contributed by atoms with Gasteiger partial charge >= 0.3 is 0 Å². The number of nitrogens with two attached hydrogens (primary N) is 1. The Balaban J connectivity index is 2.60. The molecule has 2 rings (SSSR count). The van der Waals surface area contributed by atoms with Gasteiger partial charge in [0, 0.05) is 12.0 Å². The minimum atomic E-state index is 0.103. The number of aromatic hydroxyl groups is 1. The van der Waals surface area contributed by atoms with Gasteiger partial charge in [0.2, 0.25) is 0 Å². The predicted octanol–water partition coefficient (Wildman–Crippen LogP) is 3.04. The summed E-state index contributed by atoms with van der Waals surface area (Å²) in [7, 11) is 0. The van der Waals surface area contributed by atoms with Crippen molar-refractivity contribution >= 4 is 11.6 Å². The monoisotopic (exact) mass is 239 g/mol. The van der Waals surface area contributed by atoms with Crippen LogP contribution >= 0.6 is 11.6 Å². The molecule has 88 valence electrons. The number of benzene rings is 1. The Bertz CT molecular complexity index is 419. The molecule has 2 nitrogen and oxygen atoms in total. The molecule has 1 aliphatic rings. The largest absolute Gasteiger partial charge is 0.506 e. The summed E-state index contributed by atoms with van der Waals surface area (Å²) in [5, 5.41) is 10.1. The van der Waals surface area contributed by atoms with Crippen molar-refractivity contribution in [1.82, 2.24) is 0 Å². The molecular formula is C13H18ClNO. The van der Waals surface area contributed by atoms with Crippen molar-refractivity contribution in [1.29, 1.82) is 0 Å². The van der Waals surface area contributed by atoms with E-state index in [1.165, 1.54) is 12.0 Å². The molecule has 1 aromatic carbocycles. The molecule has 0 atom stereocenters. The Morgan fingerprint density at radius 1 is 1.44 bits per heavy atom. The van der Waals surface area contributed by atoms with Crippen molar-refractivity contribution in [3.8, 4) is 5.75 Å². The fraction of sp³-hybridized carbons (Fsp3) is 0.538. The standard InChI is InChI=1S/C13H18ClNO/c1-8-6-10(16)12(14)9(2)11(8)13(7-15)4-3-5-13/h6,16H,3-5,7,15H2,1-2H3. The predicted molar refractivity (Wildman–Crippen MR) is 67.2 cm³/mol. The first-order valence-corrected chi connectivity index (χ1v) is 6.09. The van der Waals surface area contributed by atoms with Crippen molar-refractivity contribution in [2.75, 3.05) is 6.54 Å². The fourth-order valence-electron chi connectivity index (χ4n) is 2.91. The van der Waals surface area contributed by atoms with Crippen LogP contribution in [0.5, 0.6) is 5.75 Å². The molecular weight excluding hydrogens is 222 g/mol. The van der Waals surface area contributed by atoms with Gasteiger partial charge in [0.15, 0.2) is 0 Å². The van der Waals surface area contributed by atoms with Crippen LogP contribution < -0.4 is 5.73 Å². The third-order valence-electron chi connectivity index (χ3n) is 3.91. The molecule has 1 aliphatic carbocycles. The van der Waals surface area contributed by atoms with Gasteiger partial charge < -0.3 is 10.8 Å². The minimum Gasteiger partial charge on any atom is -0.506 e. The summed E-state index contributed by atoms with van der Waals surface area (Å²) in [5.41, 5.74) is 9.37. The van der Waals surface area contributed by atoms with Crippen LogP contribution in [0.15, 0.2) is 6.07 Å². The Labute approximate surface area is 101 Å². The average molecular weight is 240 g/mol. The van der Waals surface area contributed by atoms with E-state index in [9.17, 15) is 5.11 Å². The SMILES string of the molecule is Cc1cc(O)c(Cl)c(C)c1C1(CN)CCC1. The van der Waals surface area contributed by atoms with Crippen LogP contribution in [0, 0.1) is 13.8 Å². The van der Waals surface area contributed by atoms with Crippen molar-refractivity contribution in [2.45, 2.75) is 38.5 Å². The molecule has 0 unspecified atom stereocenters. The third kappa shape index (κ3) is 1.52. The van der Waals surface area contributed by atoms with E-state index in [0.717, 1.165) is 24.0 Å². The second-order valence-corrected chi connectivity index (χ2v) is 5.24. The van der Waals surface area contributed by atoms with Crippen LogP contribution in [0.4, 0.5) is 0 Å². The smallest absolute Gasteiger partial charge is 0.134 e. The molecule has 1 saturated carbocycles. The molecule has 0 saturated heterocycles. The number of phenolic OH excluding ortho intramolecular Hbond substituents is 1. The van der Waals surface area contributed by atoms with Gasteiger partial charge in [-0.2, -0.15) is 0 Å². The maximum atomic E-state index is 9.67. The normalized spacial score (nSPS) is 18.2. The Morgan fingerprint density at radius 2 is 2.06 bits per heavy atom. The number of aryl methyl sites for hydroxylation is 1. The minimum absolute atomic E-state index is 0.103. The van der Waals surface area contributed by atoms with Gasteiger partial charge in [-0.25, -0.2) is 0 Å². The lowest BCUT2D eigenvalue weighted by Crippen LogP contribution is -2.42. The van der Waals surface area contributed by atoms with E-state index < -0.39 is 0 Å². The van der Waals surface area contributed by atoms with E-state index in [4.69, 9.17) is 17.3 Å². The first-order chi connectivity index (χ1) is 7.52. The highest BCUT2D eigenvalue weighted by Crippen LogP contribution is 2.48. The summed E-state index contributed by atoms with van der Waals surface area (Å²) in [6.45, 7) is 4.66. The Morgan fingerprint density at radius 3 is 2.50 bits per heavy atom. The van der Waals surface area contributed by atoms with Gasteiger partial charge in [-0.05, 0) is 49.4 Å². The Hall–Kier alpha value is -0.730. The van der Waals surface area contributed by atoms with Crippen molar-refractivity contribution in [3.63, 3.8) is 0 Å². The van der Waals surface area contributed by atoms with E-state index in [0.29, 0.717) is 11.6 Å². The molecule has 0 radical (unpaired) electrons. The van der Waals surface area contributed by atoms with Gasteiger partial charge in [0.25, 0.3) is 0 Å². The molecule has 1 aromatic rings. The molecule has 3 N–H and O–H groups in total. The number of rotatable bonds is 2.